The first-order valence-corrected chi connectivity index (χ1v) is 9.68. The summed E-state index contributed by atoms with van der Waals surface area (Å²) in [7, 11) is 0. The average molecular weight is 436 g/mol. The lowest BCUT2D eigenvalue weighted by atomic mass is 9.98. The molecule has 0 spiro atoms. The highest BCUT2D eigenvalue weighted by molar-refractivity contribution is 5.93. The second-order valence-electron chi connectivity index (χ2n) is 8.14. The molecule has 7 nitrogen and oxygen atoms in total. The lowest BCUT2D eigenvalue weighted by molar-refractivity contribution is -0.137. The molecule has 166 valence electrons. The highest BCUT2D eigenvalue weighted by Crippen LogP contribution is 2.33. The van der Waals surface area contributed by atoms with Crippen molar-refractivity contribution in [1.29, 1.82) is 0 Å². The Morgan fingerprint density at radius 1 is 1.13 bits per heavy atom. The summed E-state index contributed by atoms with van der Waals surface area (Å²) in [6.45, 7) is 7.14. The van der Waals surface area contributed by atoms with Gasteiger partial charge in [0.15, 0.2) is 5.69 Å². The quantitative estimate of drug-likeness (QED) is 0.726. The van der Waals surface area contributed by atoms with E-state index in [4.69, 9.17) is 0 Å². The Morgan fingerprint density at radius 2 is 1.77 bits per heavy atom. The van der Waals surface area contributed by atoms with Crippen LogP contribution in [0.5, 0.6) is 0 Å². The van der Waals surface area contributed by atoms with E-state index >= 15 is 0 Å². The molecule has 10 heteroatoms. The summed E-state index contributed by atoms with van der Waals surface area (Å²) >= 11 is 0. The summed E-state index contributed by atoms with van der Waals surface area (Å²) in [6, 6.07) is 5.94. The van der Waals surface area contributed by atoms with Crippen LogP contribution in [0.4, 0.5) is 13.2 Å². The van der Waals surface area contributed by atoms with Crippen molar-refractivity contribution in [2.24, 2.45) is 0 Å². The first-order chi connectivity index (χ1) is 14.3. The minimum absolute atomic E-state index is 0.125. The first kappa shape index (κ1) is 22.5. The van der Waals surface area contributed by atoms with Gasteiger partial charge in [-0.1, -0.05) is 12.1 Å². The number of para-hydroxylation sites is 1. The van der Waals surface area contributed by atoms with Crippen LogP contribution in [-0.2, 0) is 11.0 Å². The maximum atomic E-state index is 13.5. The molecule has 0 atom stereocenters. The number of alkyl halides is 3. The number of hydrogen-bond acceptors (Lipinski definition) is 4. The Balaban J connectivity index is 2.06. The number of aryl methyl sites for hydroxylation is 1. The summed E-state index contributed by atoms with van der Waals surface area (Å²) in [4.78, 5) is 40.5. The predicted molar refractivity (Wildman–Crippen MR) is 107 cm³/mol. The molecule has 0 N–H and O–H groups in total. The molecule has 2 aromatic rings. The second-order valence-corrected chi connectivity index (χ2v) is 8.14. The number of carbonyl (C=O) groups is 2. The van der Waals surface area contributed by atoms with E-state index in [1.807, 2.05) is 0 Å². The van der Waals surface area contributed by atoms with Gasteiger partial charge in [-0.05, 0) is 32.9 Å². The van der Waals surface area contributed by atoms with Crippen molar-refractivity contribution in [1.82, 2.24) is 19.6 Å². The molecular weight excluding hydrogens is 413 g/mol. The number of piperazine rings is 1. The maximum absolute atomic E-state index is 13.5. The van der Waals surface area contributed by atoms with Crippen LogP contribution in [-0.4, -0.2) is 56.6 Å². The minimum atomic E-state index is -4.64. The number of rotatable bonds is 2. The van der Waals surface area contributed by atoms with Crippen molar-refractivity contribution in [3.63, 3.8) is 0 Å². The Morgan fingerprint density at radius 3 is 2.35 bits per heavy atom. The molecule has 0 radical (unpaired) electrons. The Kier molecular flexibility index (Phi) is 5.68. The molecule has 2 heterocycles. The van der Waals surface area contributed by atoms with E-state index in [9.17, 15) is 27.6 Å². The minimum Gasteiger partial charge on any atom is -0.339 e. The second kappa shape index (κ2) is 7.82. The number of aromatic nitrogens is 2. The largest absolute Gasteiger partial charge is 0.418 e. The number of carbonyl (C=O) groups excluding carboxylic acids is 2. The Labute approximate surface area is 177 Å². The van der Waals surface area contributed by atoms with Gasteiger partial charge in [-0.3, -0.25) is 14.4 Å². The molecule has 1 aliphatic heterocycles. The smallest absolute Gasteiger partial charge is 0.339 e. The zero-order valence-corrected chi connectivity index (χ0v) is 17.7. The van der Waals surface area contributed by atoms with Gasteiger partial charge in [-0.2, -0.15) is 18.3 Å². The highest BCUT2D eigenvalue weighted by atomic mass is 19.4. The van der Waals surface area contributed by atoms with Crippen LogP contribution in [0.15, 0.2) is 35.1 Å². The molecule has 2 amide bonds. The van der Waals surface area contributed by atoms with Gasteiger partial charge in [-0.15, -0.1) is 0 Å². The van der Waals surface area contributed by atoms with E-state index in [0.717, 1.165) is 16.8 Å². The number of benzene rings is 1. The van der Waals surface area contributed by atoms with E-state index in [-0.39, 0.29) is 30.4 Å². The van der Waals surface area contributed by atoms with Gasteiger partial charge >= 0.3 is 6.18 Å². The van der Waals surface area contributed by atoms with Crippen LogP contribution in [0, 0.1) is 6.92 Å². The van der Waals surface area contributed by atoms with Crippen molar-refractivity contribution < 1.29 is 22.8 Å². The maximum Gasteiger partial charge on any atom is 0.418 e. The summed E-state index contributed by atoms with van der Waals surface area (Å²) in [5.74, 6) is -0.809. The van der Waals surface area contributed by atoms with Crippen LogP contribution in [0.2, 0.25) is 0 Å². The van der Waals surface area contributed by atoms with Crippen LogP contribution in [0.1, 0.15) is 42.5 Å². The molecule has 1 aromatic carbocycles. The standard InChI is InChI=1S/C21H23F3N4O3/c1-13-11-17(30)18(19(31)27-10-9-26(14(2)29)12-20(27,3)4)25-28(13)16-8-6-5-7-15(16)21(22,23)24/h5-8,11H,9-10,12H2,1-4H3. The fraction of sp³-hybridized carbons (Fsp3) is 0.429. The molecular formula is C21H23F3N4O3. The predicted octanol–water partition coefficient (Wildman–Crippen LogP) is 2.64. The number of hydrogen-bond donors (Lipinski definition) is 0. The fourth-order valence-electron chi connectivity index (χ4n) is 3.77. The lowest BCUT2D eigenvalue weighted by Gasteiger charge is -2.46. The average Bonchev–Trinajstić information content (AvgIpc) is 2.66. The summed E-state index contributed by atoms with van der Waals surface area (Å²) < 4.78 is 41.4. The van der Waals surface area contributed by atoms with Crippen molar-refractivity contribution in [3.8, 4) is 5.69 Å². The van der Waals surface area contributed by atoms with E-state index in [1.165, 1.54) is 36.9 Å². The zero-order valence-electron chi connectivity index (χ0n) is 17.7. The van der Waals surface area contributed by atoms with Crippen molar-refractivity contribution in [2.75, 3.05) is 19.6 Å². The monoisotopic (exact) mass is 436 g/mol. The van der Waals surface area contributed by atoms with Gasteiger partial charge < -0.3 is 9.80 Å². The van der Waals surface area contributed by atoms with Gasteiger partial charge in [0, 0.05) is 38.3 Å². The fourth-order valence-corrected chi connectivity index (χ4v) is 3.77. The molecule has 0 bridgehead atoms. The molecule has 0 aliphatic carbocycles. The number of amides is 2. The van der Waals surface area contributed by atoms with Crippen LogP contribution >= 0.6 is 0 Å². The normalized spacial score (nSPS) is 16.4. The number of nitrogens with zero attached hydrogens (tertiary/aromatic N) is 4. The van der Waals surface area contributed by atoms with Gasteiger partial charge in [0.2, 0.25) is 11.3 Å². The van der Waals surface area contributed by atoms with Crippen molar-refractivity contribution in [3.05, 3.63) is 57.5 Å². The van der Waals surface area contributed by atoms with Gasteiger partial charge in [0.05, 0.1) is 16.8 Å². The molecule has 1 fully saturated rings. The van der Waals surface area contributed by atoms with E-state index in [1.54, 1.807) is 18.7 Å². The van der Waals surface area contributed by atoms with Crippen LogP contribution in [0.25, 0.3) is 5.69 Å². The molecule has 0 unspecified atom stereocenters. The summed E-state index contributed by atoms with van der Waals surface area (Å²) in [5, 5.41) is 4.04. The third-order valence-corrected chi connectivity index (χ3v) is 5.34. The SMILES string of the molecule is CC(=O)N1CCN(C(=O)c2nn(-c3ccccc3C(F)(F)F)c(C)cc2=O)C(C)(C)C1. The first-order valence-electron chi connectivity index (χ1n) is 9.68. The molecule has 0 saturated carbocycles. The molecule has 31 heavy (non-hydrogen) atoms. The molecule has 1 aromatic heterocycles. The molecule has 1 saturated heterocycles. The van der Waals surface area contributed by atoms with Crippen LogP contribution in [0.3, 0.4) is 0 Å². The molecule has 1 aliphatic rings. The topological polar surface area (TPSA) is 75.5 Å². The van der Waals surface area contributed by atoms with E-state index < -0.39 is 34.3 Å². The Hall–Kier alpha value is -3.17. The van der Waals surface area contributed by atoms with E-state index in [2.05, 4.69) is 5.10 Å². The van der Waals surface area contributed by atoms with Gasteiger partial charge in [0.25, 0.3) is 5.91 Å². The third-order valence-electron chi connectivity index (χ3n) is 5.34. The van der Waals surface area contributed by atoms with Crippen molar-refractivity contribution >= 4 is 11.8 Å². The molecule has 3 rings (SSSR count). The van der Waals surface area contributed by atoms with Crippen LogP contribution < -0.4 is 5.43 Å². The number of halogens is 3. The lowest BCUT2D eigenvalue weighted by Crippen LogP contribution is -2.62. The van der Waals surface area contributed by atoms with Gasteiger partial charge in [0.1, 0.15) is 0 Å². The third kappa shape index (κ3) is 4.33. The Bertz CT molecular complexity index is 1090. The van der Waals surface area contributed by atoms with E-state index in [0.29, 0.717) is 6.54 Å². The summed E-state index contributed by atoms with van der Waals surface area (Å²) in [6.07, 6.45) is -4.64. The highest BCUT2D eigenvalue weighted by Gasteiger charge is 2.39. The zero-order chi connectivity index (χ0) is 23.1. The van der Waals surface area contributed by atoms with Crippen molar-refractivity contribution in [2.45, 2.75) is 39.4 Å². The summed E-state index contributed by atoms with van der Waals surface area (Å²) in [5.41, 5.74) is -2.96. The van der Waals surface area contributed by atoms with Gasteiger partial charge in [-0.25, -0.2) is 4.68 Å².